The number of halogens is 1. The van der Waals surface area contributed by atoms with Gasteiger partial charge >= 0.3 is 0 Å². The van der Waals surface area contributed by atoms with Crippen LogP contribution in [0.3, 0.4) is 0 Å². The fourth-order valence-corrected chi connectivity index (χ4v) is 2.44. The van der Waals surface area contributed by atoms with Crippen molar-refractivity contribution in [2.75, 3.05) is 38.1 Å². The number of likely N-dealkylation sites (N-methyl/N-ethyl adjacent to an activating group) is 1. The standard InChI is InChI=1S/C14H21FN2/c1-4-12-9-11(2)14(13(15)10-12)17-7-5-16(3)6-8-17/h9-10H,4-8H2,1-3H3. The first-order valence-corrected chi connectivity index (χ1v) is 6.34. The van der Waals surface area contributed by atoms with Crippen LogP contribution < -0.4 is 4.90 Å². The Bertz CT molecular complexity index is 372. The Morgan fingerprint density at radius 1 is 1.18 bits per heavy atom. The summed E-state index contributed by atoms with van der Waals surface area (Å²) in [7, 11) is 2.11. The molecular weight excluding hydrogens is 215 g/mol. The van der Waals surface area contributed by atoms with E-state index in [2.05, 4.69) is 29.8 Å². The third-order valence-electron chi connectivity index (χ3n) is 3.54. The summed E-state index contributed by atoms with van der Waals surface area (Å²) in [6.45, 7) is 7.92. The van der Waals surface area contributed by atoms with Crippen molar-refractivity contribution >= 4 is 5.69 Å². The van der Waals surface area contributed by atoms with Crippen molar-refractivity contribution in [2.24, 2.45) is 0 Å². The second kappa shape index (κ2) is 5.05. The molecule has 1 heterocycles. The fourth-order valence-electron chi connectivity index (χ4n) is 2.44. The molecule has 1 aromatic rings. The lowest BCUT2D eigenvalue weighted by Crippen LogP contribution is -2.45. The number of nitrogens with zero attached hydrogens (tertiary/aromatic N) is 2. The summed E-state index contributed by atoms with van der Waals surface area (Å²) < 4.78 is 14.1. The molecule has 0 unspecified atom stereocenters. The summed E-state index contributed by atoms with van der Waals surface area (Å²) in [5, 5.41) is 0. The van der Waals surface area contributed by atoms with Crippen molar-refractivity contribution in [3.8, 4) is 0 Å². The second-order valence-electron chi connectivity index (χ2n) is 4.89. The molecule has 1 fully saturated rings. The van der Waals surface area contributed by atoms with Gasteiger partial charge in [-0.05, 0) is 37.6 Å². The Labute approximate surface area is 103 Å². The summed E-state index contributed by atoms with van der Waals surface area (Å²) in [6.07, 6.45) is 0.890. The van der Waals surface area contributed by atoms with E-state index in [0.717, 1.165) is 49.4 Å². The minimum Gasteiger partial charge on any atom is -0.366 e. The molecule has 3 heteroatoms. The first-order chi connectivity index (χ1) is 8.11. The number of anilines is 1. The zero-order valence-electron chi connectivity index (χ0n) is 11.0. The van der Waals surface area contributed by atoms with Crippen LogP contribution in [0.1, 0.15) is 18.1 Å². The minimum atomic E-state index is -0.0635. The third-order valence-corrected chi connectivity index (χ3v) is 3.54. The van der Waals surface area contributed by atoms with Gasteiger partial charge in [-0.1, -0.05) is 13.0 Å². The molecule has 1 aromatic carbocycles. The normalized spacial score (nSPS) is 17.5. The molecule has 94 valence electrons. The fraction of sp³-hybridized carbons (Fsp3) is 0.571. The van der Waals surface area contributed by atoms with E-state index in [0.29, 0.717) is 0 Å². The van der Waals surface area contributed by atoms with Gasteiger partial charge in [0.15, 0.2) is 0 Å². The van der Waals surface area contributed by atoms with Crippen LogP contribution in [-0.4, -0.2) is 38.1 Å². The van der Waals surface area contributed by atoms with E-state index in [1.165, 1.54) is 0 Å². The van der Waals surface area contributed by atoms with Gasteiger partial charge in [0.05, 0.1) is 5.69 Å². The molecule has 0 radical (unpaired) electrons. The molecule has 1 aliphatic rings. The van der Waals surface area contributed by atoms with Crippen molar-refractivity contribution in [1.82, 2.24) is 4.90 Å². The molecule has 0 atom stereocenters. The Morgan fingerprint density at radius 2 is 1.82 bits per heavy atom. The maximum Gasteiger partial charge on any atom is 0.147 e. The highest BCUT2D eigenvalue weighted by atomic mass is 19.1. The van der Waals surface area contributed by atoms with E-state index >= 15 is 0 Å². The summed E-state index contributed by atoms with van der Waals surface area (Å²) in [5.74, 6) is -0.0635. The van der Waals surface area contributed by atoms with E-state index in [9.17, 15) is 4.39 Å². The van der Waals surface area contributed by atoms with E-state index in [4.69, 9.17) is 0 Å². The van der Waals surface area contributed by atoms with Gasteiger partial charge in [0.1, 0.15) is 5.82 Å². The molecule has 0 bridgehead atoms. The number of piperazine rings is 1. The van der Waals surface area contributed by atoms with Crippen molar-refractivity contribution < 1.29 is 4.39 Å². The molecule has 1 aliphatic heterocycles. The van der Waals surface area contributed by atoms with Gasteiger partial charge in [-0.15, -0.1) is 0 Å². The average molecular weight is 236 g/mol. The third kappa shape index (κ3) is 2.60. The number of hydrogen-bond acceptors (Lipinski definition) is 2. The van der Waals surface area contributed by atoms with Crippen LogP contribution in [0.5, 0.6) is 0 Å². The van der Waals surface area contributed by atoms with Crippen LogP contribution in [0, 0.1) is 12.7 Å². The Hall–Kier alpha value is -1.09. The first kappa shape index (κ1) is 12.4. The number of hydrogen-bond donors (Lipinski definition) is 0. The molecule has 2 nitrogen and oxygen atoms in total. The van der Waals surface area contributed by atoms with Crippen LogP contribution >= 0.6 is 0 Å². The molecule has 0 aliphatic carbocycles. The summed E-state index contributed by atoms with van der Waals surface area (Å²) in [5.41, 5.74) is 2.94. The number of benzene rings is 1. The molecule has 17 heavy (non-hydrogen) atoms. The van der Waals surface area contributed by atoms with Gasteiger partial charge in [0.2, 0.25) is 0 Å². The van der Waals surface area contributed by atoms with Crippen molar-refractivity contribution in [3.63, 3.8) is 0 Å². The zero-order valence-corrected chi connectivity index (χ0v) is 11.0. The van der Waals surface area contributed by atoms with Gasteiger partial charge in [0, 0.05) is 26.2 Å². The maximum absolute atomic E-state index is 14.1. The predicted octanol–water partition coefficient (Wildman–Crippen LogP) is 2.45. The summed E-state index contributed by atoms with van der Waals surface area (Å²) in [6, 6.07) is 3.79. The van der Waals surface area contributed by atoms with Crippen molar-refractivity contribution in [2.45, 2.75) is 20.3 Å². The van der Waals surface area contributed by atoms with Gasteiger partial charge in [-0.3, -0.25) is 0 Å². The monoisotopic (exact) mass is 236 g/mol. The summed E-state index contributed by atoms with van der Waals surface area (Å²) in [4.78, 5) is 4.45. The molecule has 0 amide bonds. The smallest absolute Gasteiger partial charge is 0.147 e. The highest BCUT2D eigenvalue weighted by Crippen LogP contribution is 2.26. The van der Waals surface area contributed by atoms with E-state index in [1.54, 1.807) is 6.07 Å². The molecular formula is C14H21FN2. The first-order valence-electron chi connectivity index (χ1n) is 6.34. The topological polar surface area (TPSA) is 6.48 Å². The second-order valence-corrected chi connectivity index (χ2v) is 4.89. The van der Waals surface area contributed by atoms with Crippen molar-refractivity contribution in [1.29, 1.82) is 0 Å². The Morgan fingerprint density at radius 3 is 2.35 bits per heavy atom. The lowest BCUT2D eigenvalue weighted by atomic mass is 10.1. The van der Waals surface area contributed by atoms with Gasteiger partial charge in [0.25, 0.3) is 0 Å². The lowest BCUT2D eigenvalue weighted by molar-refractivity contribution is 0.311. The maximum atomic E-state index is 14.1. The van der Waals surface area contributed by atoms with Crippen LogP contribution in [0.4, 0.5) is 10.1 Å². The van der Waals surface area contributed by atoms with Crippen LogP contribution in [0.15, 0.2) is 12.1 Å². The molecule has 2 rings (SSSR count). The Kier molecular flexibility index (Phi) is 3.67. The van der Waals surface area contributed by atoms with Crippen LogP contribution in [0.25, 0.3) is 0 Å². The Balaban J connectivity index is 2.26. The SMILES string of the molecule is CCc1cc(C)c(N2CCN(C)CC2)c(F)c1. The highest BCUT2D eigenvalue weighted by molar-refractivity contribution is 5.56. The molecule has 1 saturated heterocycles. The van der Waals surface area contributed by atoms with E-state index < -0.39 is 0 Å². The van der Waals surface area contributed by atoms with Crippen LogP contribution in [0.2, 0.25) is 0 Å². The van der Waals surface area contributed by atoms with Gasteiger partial charge in [-0.25, -0.2) is 4.39 Å². The molecule has 0 saturated carbocycles. The molecule has 0 aromatic heterocycles. The molecule has 0 N–H and O–H groups in total. The minimum absolute atomic E-state index is 0.0635. The number of rotatable bonds is 2. The molecule has 0 spiro atoms. The lowest BCUT2D eigenvalue weighted by Gasteiger charge is -2.35. The largest absolute Gasteiger partial charge is 0.366 e. The highest BCUT2D eigenvalue weighted by Gasteiger charge is 2.19. The van der Waals surface area contributed by atoms with E-state index in [1.807, 2.05) is 6.92 Å². The van der Waals surface area contributed by atoms with Crippen molar-refractivity contribution in [3.05, 3.63) is 29.1 Å². The number of aryl methyl sites for hydroxylation is 2. The van der Waals surface area contributed by atoms with Crippen LogP contribution in [-0.2, 0) is 6.42 Å². The predicted molar refractivity (Wildman–Crippen MR) is 70.2 cm³/mol. The van der Waals surface area contributed by atoms with E-state index in [-0.39, 0.29) is 5.82 Å². The average Bonchev–Trinajstić information content (AvgIpc) is 2.30. The summed E-state index contributed by atoms with van der Waals surface area (Å²) >= 11 is 0. The van der Waals surface area contributed by atoms with Gasteiger partial charge < -0.3 is 9.80 Å². The zero-order chi connectivity index (χ0) is 12.4. The van der Waals surface area contributed by atoms with Gasteiger partial charge in [-0.2, -0.15) is 0 Å². The quantitative estimate of drug-likeness (QED) is 0.778.